The van der Waals surface area contributed by atoms with E-state index in [1.165, 1.54) is 0 Å². The highest BCUT2D eigenvalue weighted by atomic mass is 16.5. The molecule has 98 valence electrons. The third kappa shape index (κ3) is 2.54. The molecule has 1 aromatic carbocycles. The number of rotatable bonds is 4. The Morgan fingerprint density at radius 3 is 3.00 bits per heavy atom. The average Bonchev–Trinajstić information content (AvgIpc) is 2.37. The fourth-order valence-corrected chi connectivity index (χ4v) is 2.55. The van der Waals surface area contributed by atoms with Crippen LogP contribution in [0.4, 0.5) is 0 Å². The van der Waals surface area contributed by atoms with E-state index in [0.717, 1.165) is 30.6 Å². The molecule has 0 bridgehead atoms. The minimum atomic E-state index is -0.828. The molecular weight excluding hydrogens is 230 g/mol. The van der Waals surface area contributed by atoms with Crippen LogP contribution in [-0.4, -0.2) is 42.3 Å². The van der Waals surface area contributed by atoms with Crippen molar-refractivity contribution in [2.24, 2.45) is 0 Å². The quantitative estimate of drug-likeness (QED) is 0.883. The van der Waals surface area contributed by atoms with Gasteiger partial charge in [0.25, 0.3) is 0 Å². The van der Waals surface area contributed by atoms with Gasteiger partial charge >= 0.3 is 5.97 Å². The molecule has 0 saturated carbocycles. The van der Waals surface area contributed by atoms with Crippen molar-refractivity contribution >= 4 is 5.97 Å². The first-order chi connectivity index (χ1) is 8.63. The molecule has 1 unspecified atom stereocenters. The SMILES string of the molecule is COCC(C)N1CCc2c(cccc2C(=O)O)C1. The lowest BCUT2D eigenvalue weighted by Crippen LogP contribution is -2.40. The highest BCUT2D eigenvalue weighted by Gasteiger charge is 2.23. The number of nitrogens with zero attached hydrogens (tertiary/aromatic N) is 1. The maximum Gasteiger partial charge on any atom is 0.335 e. The van der Waals surface area contributed by atoms with E-state index in [4.69, 9.17) is 9.84 Å². The molecule has 1 atom stereocenters. The Labute approximate surface area is 107 Å². The third-order valence-corrected chi connectivity index (χ3v) is 3.56. The van der Waals surface area contributed by atoms with Gasteiger partial charge in [-0.15, -0.1) is 0 Å². The third-order valence-electron chi connectivity index (χ3n) is 3.56. The molecule has 2 rings (SSSR count). The molecule has 1 heterocycles. The smallest absolute Gasteiger partial charge is 0.335 e. The largest absolute Gasteiger partial charge is 0.478 e. The summed E-state index contributed by atoms with van der Waals surface area (Å²) >= 11 is 0. The van der Waals surface area contributed by atoms with E-state index >= 15 is 0 Å². The molecule has 1 N–H and O–H groups in total. The Bertz CT molecular complexity index is 445. The van der Waals surface area contributed by atoms with Gasteiger partial charge in [-0.05, 0) is 30.5 Å². The summed E-state index contributed by atoms with van der Waals surface area (Å²) in [5.74, 6) is -0.828. The zero-order valence-corrected chi connectivity index (χ0v) is 10.8. The minimum Gasteiger partial charge on any atom is -0.478 e. The van der Waals surface area contributed by atoms with Gasteiger partial charge in [-0.3, -0.25) is 4.90 Å². The van der Waals surface area contributed by atoms with Crippen molar-refractivity contribution in [3.8, 4) is 0 Å². The monoisotopic (exact) mass is 249 g/mol. The van der Waals surface area contributed by atoms with Crippen LogP contribution in [0.15, 0.2) is 18.2 Å². The van der Waals surface area contributed by atoms with Gasteiger partial charge < -0.3 is 9.84 Å². The standard InChI is InChI=1S/C14H19NO3/c1-10(9-18-2)15-7-6-12-11(8-15)4-3-5-13(12)14(16)17/h3-5,10H,6-9H2,1-2H3,(H,16,17). The Balaban J connectivity index is 2.20. The van der Waals surface area contributed by atoms with Gasteiger partial charge in [-0.1, -0.05) is 12.1 Å². The van der Waals surface area contributed by atoms with Crippen LogP contribution in [0.1, 0.15) is 28.4 Å². The molecule has 1 aromatic rings. The van der Waals surface area contributed by atoms with Crippen LogP contribution in [0, 0.1) is 0 Å². The molecule has 0 amide bonds. The fraction of sp³-hybridized carbons (Fsp3) is 0.500. The number of carboxylic acid groups (broad SMARTS) is 1. The molecule has 0 radical (unpaired) electrons. The molecule has 4 heteroatoms. The lowest BCUT2D eigenvalue weighted by Gasteiger charge is -2.33. The highest BCUT2D eigenvalue weighted by molar-refractivity contribution is 5.89. The van der Waals surface area contributed by atoms with Gasteiger partial charge in [0.05, 0.1) is 12.2 Å². The van der Waals surface area contributed by atoms with E-state index in [-0.39, 0.29) is 0 Å². The predicted octanol–water partition coefficient (Wildman–Crippen LogP) is 1.78. The molecule has 0 saturated heterocycles. The zero-order valence-electron chi connectivity index (χ0n) is 10.8. The van der Waals surface area contributed by atoms with Crippen molar-refractivity contribution < 1.29 is 14.6 Å². The summed E-state index contributed by atoms with van der Waals surface area (Å²) in [5.41, 5.74) is 2.57. The van der Waals surface area contributed by atoms with E-state index in [9.17, 15) is 4.79 Å². The molecule has 1 aliphatic heterocycles. The number of hydrogen-bond acceptors (Lipinski definition) is 3. The summed E-state index contributed by atoms with van der Waals surface area (Å²) in [6, 6.07) is 5.90. The Morgan fingerprint density at radius 1 is 1.56 bits per heavy atom. The van der Waals surface area contributed by atoms with E-state index < -0.39 is 5.97 Å². The number of carboxylic acids is 1. The van der Waals surface area contributed by atoms with Crippen molar-refractivity contribution in [3.63, 3.8) is 0 Å². The first-order valence-corrected chi connectivity index (χ1v) is 6.20. The van der Waals surface area contributed by atoms with E-state index in [1.807, 2.05) is 12.1 Å². The van der Waals surface area contributed by atoms with Crippen LogP contribution in [0.5, 0.6) is 0 Å². The molecule has 1 aliphatic rings. The molecule has 0 aliphatic carbocycles. The first kappa shape index (κ1) is 13.1. The van der Waals surface area contributed by atoms with E-state index in [2.05, 4.69) is 11.8 Å². The highest BCUT2D eigenvalue weighted by Crippen LogP contribution is 2.23. The van der Waals surface area contributed by atoms with E-state index in [1.54, 1.807) is 13.2 Å². The van der Waals surface area contributed by atoms with Gasteiger partial charge in [-0.2, -0.15) is 0 Å². The first-order valence-electron chi connectivity index (χ1n) is 6.20. The maximum absolute atomic E-state index is 11.2. The number of fused-ring (bicyclic) bond motifs is 1. The van der Waals surface area contributed by atoms with Crippen LogP contribution >= 0.6 is 0 Å². The molecule has 18 heavy (non-hydrogen) atoms. The van der Waals surface area contributed by atoms with Crippen LogP contribution in [0.25, 0.3) is 0 Å². The summed E-state index contributed by atoms with van der Waals surface area (Å²) in [7, 11) is 1.71. The van der Waals surface area contributed by atoms with Crippen molar-refractivity contribution in [3.05, 3.63) is 34.9 Å². The van der Waals surface area contributed by atoms with Gasteiger partial charge in [0.2, 0.25) is 0 Å². The van der Waals surface area contributed by atoms with Crippen LogP contribution < -0.4 is 0 Å². The van der Waals surface area contributed by atoms with Crippen molar-refractivity contribution in [1.82, 2.24) is 4.90 Å². The average molecular weight is 249 g/mol. The summed E-state index contributed by atoms with van der Waals surface area (Å²) in [4.78, 5) is 13.5. The van der Waals surface area contributed by atoms with E-state index in [0.29, 0.717) is 18.2 Å². The molecular formula is C14H19NO3. The second kappa shape index (κ2) is 5.50. The maximum atomic E-state index is 11.2. The summed E-state index contributed by atoms with van der Waals surface area (Å²) < 4.78 is 5.17. The Kier molecular flexibility index (Phi) is 3.99. The lowest BCUT2D eigenvalue weighted by molar-refractivity contribution is 0.0691. The fourth-order valence-electron chi connectivity index (χ4n) is 2.55. The van der Waals surface area contributed by atoms with Crippen LogP contribution in [-0.2, 0) is 17.7 Å². The lowest BCUT2D eigenvalue weighted by atomic mass is 9.94. The number of carbonyl (C=O) groups is 1. The topological polar surface area (TPSA) is 49.8 Å². The second-order valence-corrected chi connectivity index (χ2v) is 4.77. The van der Waals surface area contributed by atoms with Crippen LogP contribution in [0.3, 0.4) is 0 Å². The normalized spacial score (nSPS) is 17.2. The van der Waals surface area contributed by atoms with Crippen molar-refractivity contribution in [1.29, 1.82) is 0 Å². The molecule has 0 spiro atoms. The van der Waals surface area contributed by atoms with Gasteiger partial charge in [0, 0.05) is 26.2 Å². The Morgan fingerprint density at radius 2 is 2.33 bits per heavy atom. The minimum absolute atomic E-state index is 0.358. The van der Waals surface area contributed by atoms with Gasteiger partial charge in [0.1, 0.15) is 0 Å². The summed E-state index contributed by atoms with van der Waals surface area (Å²) in [5, 5.41) is 9.17. The zero-order chi connectivity index (χ0) is 13.1. The molecule has 0 fully saturated rings. The summed E-state index contributed by atoms with van der Waals surface area (Å²) in [6.07, 6.45) is 0.797. The molecule has 4 nitrogen and oxygen atoms in total. The van der Waals surface area contributed by atoms with Crippen molar-refractivity contribution in [2.45, 2.75) is 25.9 Å². The van der Waals surface area contributed by atoms with Gasteiger partial charge in [0.15, 0.2) is 0 Å². The number of hydrogen-bond donors (Lipinski definition) is 1. The van der Waals surface area contributed by atoms with Gasteiger partial charge in [-0.25, -0.2) is 4.79 Å². The van der Waals surface area contributed by atoms with Crippen LogP contribution in [0.2, 0.25) is 0 Å². The number of ether oxygens (including phenoxy) is 1. The molecule has 0 aromatic heterocycles. The number of aromatic carboxylic acids is 1. The Hall–Kier alpha value is -1.39. The predicted molar refractivity (Wildman–Crippen MR) is 68.9 cm³/mol. The second-order valence-electron chi connectivity index (χ2n) is 4.77. The van der Waals surface area contributed by atoms with Crippen molar-refractivity contribution in [2.75, 3.05) is 20.3 Å². The number of methoxy groups -OCH3 is 1. The summed E-state index contributed by atoms with van der Waals surface area (Å²) in [6.45, 7) is 4.53. The number of benzene rings is 1.